The molecule has 0 radical (unpaired) electrons. The van der Waals surface area contributed by atoms with E-state index >= 15 is 0 Å². The molecule has 0 aliphatic heterocycles. The van der Waals surface area contributed by atoms with Crippen LogP contribution in [0.1, 0.15) is 42.1 Å². The maximum absolute atomic E-state index is 12.1. The zero-order valence-corrected chi connectivity index (χ0v) is 13.7. The number of hydrogen-bond donors (Lipinski definition) is 1. The molecule has 0 fully saturated rings. The molecule has 0 aromatic heterocycles. The average molecular weight is 338 g/mol. The lowest BCUT2D eigenvalue weighted by Crippen LogP contribution is -2.25. The number of carbonyl (C=O) groups is 1. The summed E-state index contributed by atoms with van der Waals surface area (Å²) in [6.07, 6.45) is 2.96. The quantitative estimate of drug-likeness (QED) is 0.638. The van der Waals surface area contributed by atoms with E-state index in [-0.39, 0.29) is 21.4 Å². The summed E-state index contributed by atoms with van der Waals surface area (Å²) in [5, 5.41) is 2.94. The summed E-state index contributed by atoms with van der Waals surface area (Å²) in [5.41, 5.74) is 0.761. The first-order valence-corrected chi connectivity index (χ1v) is 8.99. The van der Waals surface area contributed by atoms with Gasteiger partial charge in [-0.2, -0.15) is 0 Å². The SMILES string of the molecule is CCCCCNC(=O)c1cc(S(=O)(=O)Cl)cc(Cl)c1C. The molecule has 0 unspecified atom stereocenters. The van der Waals surface area contributed by atoms with Crippen LogP contribution in [-0.4, -0.2) is 20.9 Å². The Morgan fingerprint density at radius 3 is 2.50 bits per heavy atom. The molecular weight excluding hydrogens is 321 g/mol. The van der Waals surface area contributed by atoms with E-state index in [1.807, 2.05) is 0 Å². The molecule has 0 saturated heterocycles. The Labute approximate surface area is 128 Å². The Bertz CT molecular complexity index is 600. The van der Waals surface area contributed by atoms with Gasteiger partial charge in [-0.15, -0.1) is 0 Å². The van der Waals surface area contributed by atoms with Gasteiger partial charge in [-0.25, -0.2) is 8.42 Å². The third-order valence-electron chi connectivity index (χ3n) is 2.91. The van der Waals surface area contributed by atoms with Gasteiger partial charge >= 0.3 is 0 Å². The molecule has 112 valence electrons. The minimum atomic E-state index is -3.92. The van der Waals surface area contributed by atoms with Crippen LogP contribution in [0.4, 0.5) is 0 Å². The fourth-order valence-electron chi connectivity index (χ4n) is 1.70. The van der Waals surface area contributed by atoms with Gasteiger partial charge in [-0.1, -0.05) is 31.4 Å². The van der Waals surface area contributed by atoms with E-state index in [1.165, 1.54) is 12.1 Å². The molecule has 0 atom stereocenters. The second-order valence-electron chi connectivity index (χ2n) is 4.48. The number of amides is 1. The first-order chi connectivity index (χ1) is 9.27. The average Bonchev–Trinajstić information content (AvgIpc) is 2.36. The highest BCUT2D eigenvalue weighted by Crippen LogP contribution is 2.26. The van der Waals surface area contributed by atoms with Crippen molar-refractivity contribution in [3.05, 3.63) is 28.3 Å². The summed E-state index contributed by atoms with van der Waals surface area (Å²) in [4.78, 5) is 11.9. The molecule has 1 rings (SSSR count). The van der Waals surface area contributed by atoms with Crippen LogP contribution >= 0.6 is 22.3 Å². The van der Waals surface area contributed by atoms with E-state index in [4.69, 9.17) is 22.3 Å². The molecule has 20 heavy (non-hydrogen) atoms. The van der Waals surface area contributed by atoms with Crippen molar-refractivity contribution in [2.75, 3.05) is 6.54 Å². The second-order valence-corrected chi connectivity index (χ2v) is 7.45. The number of rotatable bonds is 6. The van der Waals surface area contributed by atoms with Crippen molar-refractivity contribution in [3.8, 4) is 0 Å². The maximum atomic E-state index is 12.1. The molecule has 1 amide bonds. The Hall–Kier alpha value is -0.780. The molecule has 0 aliphatic rings. The Morgan fingerprint density at radius 1 is 1.30 bits per heavy atom. The van der Waals surface area contributed by atoms with Crippen LogP contribution in [0.25, 0.3) is 0 Å². The van der Waals surface area contributed by atoms with Crippen molar-refractivity contribution in [2.45, 2.75) is 38.0 Å². The van der Waals surface area contributed by atoms with Gasteiger partial charge in [-0.3, -0.25) is 4.79 Å². The van der Waals surface area contributed by atoms with E-state index in [0.717, 1.165) is 19.3 Å². The van der Waals surface area contributed by atoms with Crippen molar-refractivity contribution in [1.82, 2.24) is 5.32 Å². The summed E-state index contributed by atoms with van der Waals surface area (Å²) < 4.78 is 22.7. The topological polar surface area (TPSA) is 63.2 Å². The van der Waals surface area contributed by atoms with Gasteiger partial charge in [0.05, 0.1) is 4.90 Å². The summed E-state index contributed by atoms with van der Waals surface area (Å²) in [7, 11) is 1.37. The van der Waals surface area contributed by atoms with Crippen molar-refractivity contribution in [3.63, 3.8) is 0 Å². The van der Waals surface area contributed by atoms with Gasteiger partial charge in [0, 0.05) is 27.8 Å². The van der Waals surface area contributed by atoms with E-state index in [2.05, 4.69) is 12.2 Å². The maximum Gasteiger partial charge on any atom is 0.261 e. The second kappa shape index (κ2) is 7.29. The summed E-state index contributed by atoms with van der Waals surface area (Å²) in [5.74, 6) is -0.345. The Balaban J connectivity index is 2.99. The number of carbonyl (C=O) groups excluding carboxylic acids is 1. The zero-order chi connectivity index (χ0) is 15.3. The van der Waals surface area contributed by atoms with Crippen LogP contribution < -0.4 is 5.32 Å². The highest BCUT2D eigenvalue weighted by molar-refractivity contribution is 8.13. The Morgan fingerprint density at radius 2 is 1.95 bits per heavy atom. The monoisotopic (exact) mass is 337 g/mol. The summed E-state index contributed by atoms with van der Waals surface area (Å²) in [6, 6.07) is 2.49. The molecule has 7 heteroatoms. The normalized spacial score (nSPS) is 11.4. The van der Waals surface area contributed by atoms with E-state index < -0.39 is 9.05 Å². The highest BCUT2D eigenvalue weighted by Gasteiger charge is 2.18. The van der Waals surface area contributed by atoms with Crippen molar-refractivity contribution in [1.29, 1.82) is 0 Å². The van der Waals surface area contributed by atoms with Gasteiger partial charge in [0.15, 0.2) is 0 Å². The molecule has 0 heterocycles. The molecule has 1 aromatic rings. The summed E-state index contributed by atoms with van der Waals surface area (Å²) in [6.45, 7) is 4.27. The van der Waals surface area contributed by atoms with Gasteiger partial charge in [0.2, 0.25) is 0 Å². The number of unbranched alkanes of at least 4 members (excludes halogenated alkanes) is 2. The van der Waals surface area contributed by atoms with Crippen molar-refractivity contribution in [2.24, 2.45) is 0 Å². The molecule has 1 aromatic carbocycles. The lowest BCUT2D eigenvalue weighted by molar-refractivity contribution is 0.0952. The number of hydrogen-bond acceptors (Lipinski definition) is 3. The fraction of sp³-hybridized carbons (Fsp3) is 0.462. The number of benzene rings is 1. The standard InChI is InChI=1S/C13H17Cl2NO3S/c1-3-4-5-6-16-13(17)11-7-10(20(15,18)19)8-12(14)9(11)2/h7-8H,3-6H2,1-2H3,(H,16,17). The number of halogens is 2. The van der Waals surface area contributed by atoms with Crippen LogP contribution in [0, 0.1) is 6.92 Å². The van der Waals surface area contributed by atoms with E-state index in [0.29, 0.717) is 12.1 Å². The van der Waals surface area contributed by atoms with Gasteiger partial charge in [0.1, 0.15) is 0 Å². The first kappa shape index (κ1) is 17.3. The predicted octanol–water partition coefficient (Wildman–Crippen LogP) is 3.50. The Kier molecular flexibility index (Phi) is 6.30. The van der Waals surface area contributed by atoms with Crippen LogP contribution in [0.2, 0.25) is 5.02 Å². The van der Waals surface area contributed by atoms with Crippen LogP contribution in [0.5, 0.6) is 0 Å². The molecule has 0 bridgehead atoms. The third-order valence-corrected chi connectivity index (χ3v) is 4.64. The van der Waals surface area contributed by atoms with Crippen LogP contribution in [0.15, 0.2) is 17.0 Å². The van der Waals surface area contributed by atoms with Crippen LogP contribution in [-0.2, 0) is 9.05 Å². The largest absolute Gasteiger partial charge is 0.352 e. The third kappa shape index (κ3) is 4.65. The fourth-order valence-corrected chi connectivity index (χ4v) is 2.77. The minimum absolute atomic E-state index is 0.173. The summed E-state index contributed by atoms with van der Waals surface area (Å²) >= 11 is 5.95. The molecule has 0 spiro atoms. The highest BCUT2D eigenvalue weighted by atomic mass is 35.7. The van der Waals surface area contributed by atoms with Crippen LogP contribution in [0.3, 0.4) is 0 Å². The lowest BCUT2D eigenvalue weighted by atomic mass is 10.1. The smallest absolute Gasteiger partial charge is 0.261 e. The van der Waals surface area contributed by atoms with Crippen molar-refractivity contribution < 1.29 is 13.2 Å². The van der Waals surface area contributed by atoms with Crippen molar-refractivity contribution >= 4 is 37.2 Å². The molecular formula is C13H17Cl2NO3S. The van der Waals surface area contributed by atoms with E-state index in [1.54, 1.807) is 6.92 Å². The number of nitrogens with one attached hydrogen (secondary N) is 1. The molecule has 4 nitrogen and oxygen atoms in total. The first-order valence-electron chi connectivity index (χ1n) is 6.30. The molecule has 1 N–H and O–H groups in total. The van der Waals surface area contributed by atoms with Gasteiger partial charge < -0.3 is 5.32 Å². The lowest BCUT2D eigenvalue weighted by Gasteiger charge is -2.10. The molecule has 0 saturated carbocycles. The zero-order valence-electron chi connectivity index (χ0n) is 11.4. The van der Waals surface area contributed by atoms with Gasteiger partial charge in [0.25, 0.3) is 15.0 Å². The molecule has 0 aliphatic carbocycles. The van der Waals surface area contributed by atoms with E-state index in [9.17, 15) is 13.2 Å². The minimum Gasteiger partial charge on any atom is -0.352 e. The predicted molar refractivity (Wildman–Crippen MR) is 81.1 cm³/mol. The van der Waals surface area contributed by atoms with Gasteiger partial charge in [-0.05, 0) is 31.0 Å².